The molecule has 1 saturated heterocycles. The van der Waals surface area contributed by atoms with Crippen LogP contribution in [-0.2, 0) is 4.79 Å². The lowest BCUT2D eigenvalue weighted by atomic mass is 10.1. The van der Waals surface area contributed by atoms with Gasteiger partial charge in [0.25, 0.3) is 0 Å². The van der Waals surface area contributed by atoms with Crippen molar-refractivity contribution in [1.82, 2.24) is 9.88 Å². The highest BCUT2D eigenvalue weighted by molar-refractivity contribution is 5.66. The van der Waals surface area contributed by atoms with Crippen molar-refractivity contribution in [3.8, 4) is 0 Å². The normalized spacial score (nSPS) is 19.1. The molecule has 2 rings (SSSR count). The Balaban J connectivity index is 0.000000224. The lowest BCUT2D eigenvalue weighted by Crippen LogP contribution is -2.17. The van der Waals surface area contributed by atoms with Crippen molar-refractivity contribution >= 4 is 5.97 Å². The number of likely N-dealkylation sites (tertiary alicyclic amines) is 1. The van der Waals surface area contributed by atoms with Crippen LogP contribution in [0.15, 0.2) is 24.5 Å². The Labute approximate surface area is 115 Å². The fourth-order valence-corrected chi connectivity index (χ4v) is 2.25. The molecule has 1 aromatic heterocycles. The molecule has 0 unspecified atom stereocenters. The van der Waals surface area contributed by atoms with Crippen LogP contribution >= 0.6 is 0 Å². The van der Waals surface area contributed by atoms with Crippen molar-refractivity contribution in [2.24, 2.45) is 5.92 Å². The van der Waals surface area contributed by atoms with Gasteiger partial charge in [-0.2, -0.15) is 0 Å². The Kier molecular flexibility index (Phi) is 6.50. The summed E-state index contributed by atoms with van der Waals surface area (Å²) in [6.07, 6.45) is 6.68. The summed E-state index contributed by atoms with van der Waals surface area (Å²) in [6.45, 7) is 4.99. The summed E-state index contributed by atoms with van der Waals surface area (Å²) in [5.74, 6) is -0.438. The highest BCUT2D eigenvalue weighted by atomic mass is 16.4. The predicted molar refractivity (Wildman–Crippen MR) is 75.9 cm³/mol. The summed E-state index contributed by atoms with van der Waals surface area (Å²) in [4.78, 5) is 16.3. The second-order valence-corrected chi connectivity index (χ2v) is 5.42. The van der Waals surface area contributed by atoms with Crippen LogP contribution in [0.4, 0.5) is 0 Å². The van der Waals surface area contributed by atoms with Gasteiger partial charge in [-0.25, -0.2) is 0 Å². The van der Waals surface area contributed by atoms with Crippen molar-refractivity contribution in [1.29, 1.82) is 0 Å². The first-order valence-electron chi connectivity index (χ1n) is 6.82. The van der Waals surface area contributed by atoms with Crippen LogP contribution < -0.4 is 0 Å². The Bertz CT molecular complexity index is 379. The second kappa shape index (κ2) is 7.89. The van der Waals surface area contributed by atoms with Gasteiger partial charge in [-0.15, -0.1) is 0 Å². The molecule has 1 aliphatic rings. The lowest BCUT2D eigenvalue weighted by molar-refractivity contribution is -0.137. The maximum absolute atomic E-state index is 9.81. The summed E-state index contributed by atoms with van der Waals surface area (Å²) in [5, 5.41) is 8.08. The highest BCUT2D eigenvalue weighted by Crippen LogP contribution is 2.29. The summed E-state index contributed by atoms with van der Waals surface area (Å²) < 4.78 is 0. The van der Waals surface area contributed by atoms with Gasteiger partial charge >= 0.3 is 5.97 Å². The fourth-order valence-electron chi connectivity index (χ4n) is 2.25. The van der Waals surface area contributed by atoms with E-state index in [2.05, 4.69) is 23.0 Å². The summed E-state index contributed by atoms with van der Waals surface area (Å²) in [7, 11) is 2.19. The molecule has 0 aromatic carbocycles. The third kappa shape index (κ3) is 5.83. The van der Waals surface area contributed by atoms with E-state index in [1.807, 2.05) is 32.3 Å². The molecule has 4 nitrogen and oxygen atoms in total. The van der Waals surface area contributed by atoms with Gasteiger partial charge in [0.2, 0.25) is 0 Å². The summed E-state index contributed by atoms with van der Waals surface area (Å²) >= 11 is 0. The molecule has 2 heterocycles. The third-order valence-corrected chi connectivity index (χ3v) is 3.17. The molecule has 0 amide bonds. The van der Waals surface area contributed by atoms with Gasteiger partial charge in [-0.1, -0.05) is 19.9 Å². The number of nitrogens with zero attached hydrogens (tertiary/aromatic N) is 2. The average Bonchev–Trinajstić information content (AvgIpc) is 2.75. The fraction of sp³-hybridized carbons (Fsp3) is 0.600. The van der Waals surface area contributed by atoms with Gasteiger partial charge in [0.15, 0.2) is 0 Å². The zero-order chi connectivity index (χ0) is 14.3. The number of aromatic nitrogens is 1. The molecule has 0 saturated carbocycles. The van der Waals surface area contributed by atoms with E-state index >= 15 is 0 Å². The largest absolute Gasteiger partial charge is 0.481 e. The molecule has 106 valence electrons. The first-order chi connectivity index (χ1) is 9.00. The summed E-state index contributed by atoms with van der Waals surface area (Å²) in [6, 6.07) is 4.79. The monoisotopic (exact) mass is 264 g/mol. The molecule has 4 heteroatoms. The van der Waals surface area contributed by atoms with E-state index in [1.165, 1.54) is 24.9 Å². The molecule has 0 spiro atoms. The van der Waals surface area contributed by atoms with Gasteiger partial charge in [0.1, 0.15) is 0 Å². The Morgan fingerprint density at radius 1 is 1.58 bits per heavy atom. The third-order valence-electron chi connectivity index (χ3n) is 3.17. The number of hydrogen-bond donors (Lipinski definition) is 1. The number of carboxylic acid groups (broad SMARTS) is 1. The number of hydrogen-bond acceptors (Lipinski definition) is 3. The zero-order valence-electron chi connectivity index (χ0n) is 12.0. The van der Waals surface area contributed by atoms with Crippen LogP contribution in [-0.4, -0.2) is 34.6 Å². The molecule has 1 fully saturated rings. The quantitative estimate of drug-likeness (QED) is 0.912. The van der Waals surface area contributed by atoms with E-state index in [0.717, 1.165) is 0 Å². The molecule has 19 heavy (non-hydrogen) atoms. The molecule has 1 atom stereocenters. The van der Waals surface area contributed by atoms with Crippen molar-refractivity contribution in [2.45, 2.75) is 39.2 Å². The second-order valence-electron chi connectivity index (χ2n) is 5.42. The molecule has 1 aliphatic heterocycles. The SMILES string of the molecule is CC(C)CC(=O)O.CN1CCC[C@H]1c1cccnc1. The predicted octanol–water partition coefficient (Wildman–Crippen LogP) is 2.97. The molecular formula is C15H24N2O2. The summed E-state index contributed by atoms with van der Waals surface area (Å²) in [5.41, 5.74) is 1.36. The smallest absolute Gasteiger partial charge is 0.303 e. The number of aliphatic carboxylic acids is 1. The molecule has 0 radical (unpaired) electrons. The van der Waals surface area contributed by atoms with E-state index in [1.54, 1.807) is 0 Å². The lowest BCUT2D eigenvalue weighted by Gasteiger charge is -2.18. The van der Waals surface area contributed by atoms with Crippen LogP contribution in [0.5, 0.6) is 0 Å². The van der Waals surface area contributed by atoms with Crippen LogP contribution in [0.3, 0.4) is 0 Å². The first-order valence-corrected chi connectivity index (χ1v) is 6.82. The highest BCUT2D eigenvalue weighted by Gasteiger charge is 2.21. The van der Waals surface area contributed by atoms with Crippen LogP contribution in [0.1, 0.15) is 44.7 Å². The number of carboxylic acids is 1. The number of pyridine rings is 1. The first kappa shape index (κ1) is 15.6. The molecular weight excluding hydrogens is 240 g/mol. The van der Waals surface area contributed by atoms with Crippen molar-refractivity contribution in [3.63, 3.8) is 0 Å². The minimum atomic E-state index is -0.713. The van der Waals surface area contributed by atoms with Crippen molar-refractivity contribution in [3.05, 3.63) is 30.1 Å². The van der Waals surface area contributed by atoms with Gasteiger partial charge in [0, 0.05) is 24.9 Å². The standard InChI is InChI=1S/C10H14N2.C5H10O2/c1-12-7-3-5-10(12)9-4-2-6-11-8-9;1-4(2)3-5(6)7/h2,4,6,8,10H,3,5,7H2,1H3;4H,3H2,1-2H3,(H,6,7)/t10-;/m0./s1. The molecule has 1 N–H and O–H groups in total. The average molecular weight is 264 g/mol. The Hall–Kier alpha value is -1.42. The Morgan fingerprint density at radius 2 is 2.32 bits per heavy atom. The minimum Gasteiger partial charge on any atom is -0.481 e. The maximum Gasteiger partial charge on any atom is 0.303 e. The number of carbonyl (C=O) groups is 1. The van der Waals surface area contributed by atoms with Crippen molar-refractivity contribution < 1.29 is 9.90 Å². The molecule has 0 bridgehead atoms. The van der Waals surface area contributed by atoms with Crippen molar-refractivity contribution in [2.75, 3.05) is 13.6 Å². The van der Waals surface area contributed by atoms with E-state index in [-0.39, 0.29) is 12.3 Å². The van der Waals surface area contributed by atoms with E-state index in [9.17, 15) is 4.79 Å². The maximum atomic E-state index is 9.81. The van der Waals surface area contributed by atoms with Gasteiger partial charge in [0.05, 0.1) is 0 Å². The van der Waals surface area contributed by atoms with Crippen LogP contribution in [0, 0.1) is 5.92 Å². The van der Waals surface area contributed by atoms with Crippen LogP contribution in [0.2, 0.25) is 0 Å². The zero-order valence-corrected chi connectivity index (χ0v) is 12.0. The van der Waals surface area contributed by atoms with E-state index in [4.69, 9.17) is 5.11 Å². The molecule has 1 aromatic rings. The van der Waals surface area contributed by atoms with Gasteiger partial charge in [-0.3, -0.25) is 14.7 Å². The minimum absolute atomic E-state index is 0.275. The van der Waals surface area contributed by atoms with E-state index in [0.29, 0.717) is 6.04 Å². The number of rotatable bonds is 3. The van der Waals surface area contributed by atoms with E-state index < -0.39 is 5.97 Å². The Morgan fingerprint density at radius 3 is 2.68 bits per heavy atom. The molecule has 0 aliphatic carbocycles. The van der Waals surface area contributed by atoms with Crippen LogP contribution in [0.25, 0.3) is 0 Å². The van der Waals surface area contributed by atoms with Gasteiger partial charge < -0.3 is 5.11 Å². The van der Waals surface area contributed by atoms with Gasteiger partial charge in [-0.05, 0) is 44.0 Å². The topological polar surface area (TPSA) is 53.4 Å².